The summed E-state index contributed by atoms with van der Waals surface area (Å²) in [4.78, 5) is 30.9. The highest BCUT2D eigenvalue weighted by Crippen LogP contribution is 2.36. The van der Waals surface area contributed by atoms with Gasteiger partial charge in [0.1, 0.15) is 5.69 Å². The number of halogens is 1. The normalized spacial score (nSPS) is 16.3. The Morgan fingerprint density at radius 3 is 2.79 bits per heavy atom. The number of hydrogen-bond acceptors (Lipinski definition) is 7. The SMILES string of the molecule is CCOC(=O)c1oc2ncc(Br)cc2c1N(CCC1CCCO1)C(=O)OCC. The molecule has 0 radical (unpaired) electrons. The van der Waals surface area contributed by atoms with Gasteiger partial charge < -0.3 is 18.6 Å². The van der Waals surface area contributed by atoms with Gasteiger partial charge in [0.25, 0.3) is 0 Å². The molecule has 0 aromatic carbocycles. The number of pyridine rings is 1. The lowest BCUT2D eigenvalue weighted by atomic mass is 10.1. The third kappa shape index (κ3) is 4.47. The second-order valence-electron chi connectivity index (χ2n) is 6.28. The fraction of sp³-hybridized carbons (Fsp3) is 0.526. The number of anilines is 1. The van der Waals surface area contributed by atoms with Crippen LogP contribution in [0.25, 0.3) is 11.1 Å². The van der Waals surface area contributed by atoms with Gasteiger partial charge in [-0.05, 0) is 55.1 Å². The van der Waals surface area contributed by atoms with Crippen LogP contribution in [0.2, 0.25) is 0 Å². The first kappa shape index (κ1) is 20.6. The fourth-order valence-electron chi connectivity index (χ4n) is 3.19. The molecule has 0 saturated carbocycles. The van der Waals surface area contributed by atoms with Gasteiger partial charge in [-0.3, -0.25) is 4.90 Å². The number of nitrogens with zero attached hydrogens (tertiary/aromatic N) is 2. The standard InChI is InChI=1S/C19H23BrN2O6/c1-3-25-18(23)16-15(14-10-12(20)11-21-17(14)28-16)22(19(24)26-4-2)8-7-13-6-5-9-27-13/h10-11,13H,3-9H2,1-2H3. The van der Waals surface area contributed by atoms with Crippen LogP contribution in [-0.4, -0.2) is 49.5 Å². The van der Waals surface area contributed by atoms with Gasteiger partial charge in [0.2, 0.25) is 11.5 Å². The number of fused-ring (bicyclic) bond motifs is 1. The zero-order chi connectivity index (χ0) is 20.1. The highest BCUT2D eigenvalue weighted by molar-refractivity contribution is 9.10. The van der Waals surface area contributed by atoms with Crippen LogP contribution >= 0.6 is 15.9 Å². The zero-order valence-corrected chi connectivity index (χ0v) is 17.5. The molecule has 2 aromatic rings. The van der Waals surface area contributed by atoms with Crippen molar-refractivity contribution >= 4 is 44.8 Å². The molecule has 2 aromatic heterocycles. The van der Waals surface area contributed by atoms with Gasteiger partial charge in [-0.25, -0.2) is 14.6 Å². The monoisotopic (exact) mass is 454 g/mol. The highest BCUT2D eigenvalue weighted by atomic mass is 79.9. The molecule has 1 aliphatic heterocycles. The first-order valence-corrected chi connectivity index (χ1v) is 10.2. The molecule has 152 valence electrons. The zero-order valence-electron chi connectivity index (χ0n) is 15.9. The topological polar surface area (TPSA) is 91.1 Å². The molecule has 0 spiro atoms. The van der Waals surface area contributed by atoms with Gasteiger partial charge in [-0.1, -0.05) is 0 Å². The van der Waals surface area contributed by atoms with Crippen molar-refractivity contribution in [1.82, 2.24) is 4.98 Å². The molecular weight excluding hydrogens is 432 g/mol. The Balaban J connectivity index is 2.04. The summed E-state index contributed by atoms with van der Waals surface area (Å²) in [5, 5.41) is 0.526. The summed E-state index contributed by atoms with van der Waals surface area (Å²) < 4.78 is 22.4. The third-order valence-electron chi connectivity index (χ3n) is 4.40. The number of carbonyl (C=O) groups is 2. The Morgan fingerprint density at radius 1 is 1.32 bits per heavy atom. The van der Waals surface area contributed by atoms with Crippen LogP contribution in [0.1, 0.15) is 43.7 Å². The number of rotatable bonds is 7. The number of esters is 1. The van der Waals surface area contributed by atoms with Crippen LogP contribution in [0.15, 0.2) is 21.2 Å². The largest absolute Gasteiger partial charge is 0.460 e. The lowest BCUT2D eigenvalue weighted by Crippen LogP contribution is -2.35. The van der Waals surface area contributed by atoms with Crippen LogP contribution in [0, 0.1) is 0 Å². The Hall–Kier alpha value is -2.13. The van der Waals surface area contributed by atoms with Gasteiger partial charge in [-0.2, -0.15) is 0 Å². The Labute approximate surface area is 171 Å². The Morgan fingerprint density at radius 2 is 2.11 bits per heavy atom. The van der Waals surface area contributed by atoms with E-state index in [1.165, 1.54) is 4.90 Å². The Bertz CT molecular complexity index is 846. The average Bonchev–Trinajstić information content (AvgIpc) is 3.30. The van der Waals surface area contributed by atoms with Gasteiger partial charge in [-0.15, -0.1) is 0 Å². The molecule has 1 unspecified atom stereocenters. The molecule has 28 heavy (non-hydrogen) atoms. The van der Waals surface area contributed by atoms with E-state index in [4.69, 9.17) is 18.6 Å². The van der Waals surface area contributed by atoms with E-state index in [0.717, 1.165) is 19.4 Å². The summed E-state index contributed by atoms with van der Waals surface area (Å²) >= 11 is 3.38. The maximum atomic E-state index is 12.7. The van der Waals surface area contributed by atoms with Gasteiger partial charge in [0, 0.05) is 23.8 Å². The number of hydrogen-bond donors (Lipinski definition) is 0. The first-order chi connectivity index (χ1) is 13.5. The summed E-state index contributed by atoms with van der Waals surface area (Å²) in [7, 11) is 0. The molecule has 3 heterocycles. The van der Waals surface area contributed by atoms with Crippen molar-refractivity contribution in [3.63, 3.8) is 0 Å². The van der Waals surface area contributed by atoms with E-state index >= 15 is 0 Å². The van der Waals surface area contributed by atoms with Crippen molar-refractivity contribution in [1.29, 1.82) is 0 Å². The van der Waals surface area contributed by atoms with Crippen molar-refractivity contribution in [2.45, 2.75) is 39.2 Å². The maximum absolute atomic E-state index is 12.7. The molecule has 0 N–H and O–H groups in total. The van der Waals surface area contributed by atoms with Crippen molar-refractivity contribution in [2.75, 3.05) is 31.3 Å². The van der Waals surface area contributed by atoms with Crippen LogP contribution < -0.4 is 4.90 Å². The fourth-order valence-corrected chi connectivity index (χ4v) is 3.52. The van der Waals surface area contributed by atoms with Crippen LogP contribution in [0.3, 0.4) is 0 Å². The lowest BCUT2D eigenvalue weighted by molar-refractivity contribution is 0.0493. The summed E-state index contributed by atoms with van der Waals surface area (Å²) in [5.41, 5.74) is 0.548. The van der Waals surface area contributed by atoms with Crippen molar-refractivity contribution < 1.29 is 28.2 Å². The number of ether oxygens (including phenoxy) is 3. The molecule has 0 bridgehead atoms. The molecular formula is C19H23BrN2O6. The molecule has 1 saturated heterocycles. The van der Waals surface area contributed by atoms with E-state index in [0.29, 0.717) is 28.5 Å². The summed E-state index contributed by atoms with van der Waals surface area (Å²) in [6, 6.07) is 1.75. The molecule has 0 aliphatic carbocycles. The van der Waals surface area contributed by atoms with E-state index in [-0.39, 0.29) is 30.8 Å². The molecule has 1 aliphatic rings. The summed E-state index contributed by atoms with van der Waals surface area (Å²) in [6.07, 6.45) is 3.64. The second kappa shape index (κ2) is 9.38. The Kier molecular flexibility index (Phi) is 6.90. The number of carbonyl (C=O) groups excluding carboxylic acids is 2. The highest BCUT2D eigenvalue weighted by Gasteiger charge is 2.32. The molecule has 8 nitrogen and oxygen atoms in total. The lowest BCUT2D eigenvalue weighted by Gasteiger charge is -2.23. The maximum Gasteiger partial charge on any atom is 0.414 e. The minimum Gasteiger partial charge on any atom is -0.460 e. The van der Waals surface area contributed by atoms with Crippen molar-refractivity contribution in [3.05, 3.63) is 22.5 Å². The summed E-state index contributed by atoms with van der Waals surface area (Å²) in [5.74, 6) is -0.721. The van der Waals surface area contributed by atoms with E-state index in [9.17, 15) is 9.59 Å². The van der Waals surface area contributed by atoms with Crippen LogP contribution in [0.5, 0.6) is 0 Å². The third-order valence-corrected chi connectivity index (χ3v) is 4.84. The molecule has 1 fully saturated rings. The number of aromatic nitrogens is 1. The summed E-state index contributed by atoms with van der Waals surface area (Å²) in [6.45, 7) is 4.87. The van der Waals surface area contributed by atoms with Crippen molar-refractivity contribution in [3.8, 4) is 0 Å². The van der Waals surface area contributed by atoms with E-state index in [2.05, 4.69) is 20.9 Å². The molecule has 1 atom stereocenters. The predicted octanol–water partition coefficient (Wildman–Crippen LogP) is 4.30. The minimum absolute atomic E-state index is 0.0668. The second-order valence-corrected chi connectivity index (χ2v) is 7.20. The van der Waals surface area contributed by atoms with E-state index in [1.54, 1.807) is 26.1 Å². The number of furan rings is 1. The predicted molar refractivity (Wildman–Crippen MR) is 106 cm³/mol. The van der Waals surface area contributed by atoms with E-state index in [1.807, 2.05) is 0 Å². The smallest absolute Gasteiger partial charge is 0.414 e. The average molecular weight is 455 g/mol. The molecule has 3 rings (SSSR count). The number of amides is 1. The molecule has 1 amide bonds. The van der Waals surface area contributed by atoms with Crippen LogP contribution in [0.4, 0.5) is 10.5 Å². The van der Waals surface area contributed by atoms with Gasteiger partial charge in [0.05, 0.1) is 24.7 Å². The van der Waals surface area contributed by atoms with Crippen molar-refractivity contribution in [2.24, 2.45) is 0 Å². The minimum atomic E-state index is -0.655. The van der Waals surface area contributed by atoms with Gasteiger partial charge in [0.15, 0.2) is 0 Å². The van der Waals surface area contributed by atoms with Crippen LogP contribution in [-0.2, 0) is 14.2 Å². The van der Waals surface area contributed by atoms with E-state index < -0.39 is 12.1 Å². The first-order valence-electron chi connectivity index (χ1n) is 9.36. The molecule has 9 heteroatoms. The quantitative estimate of drug-likeness (QED) is 0.575. The van der Waals surface area contributed by atoms with Gasteiger partial charge >= 0.3 is 12.1 Å².